The van der Waals surface area contributed by atoms with Crippen LogP contribution in [0, 0.1) is 0 Å². The monoisotopic (exact) mass is 300 g/mol. The van der Waals surface area contributed by atoms with Crippen LogP contribution in [0.15, 0.2) is 35.2 Å². The molecule has 1 aromatic rings. The molecule has 3 nitrogen and oxygen atoms in total. The molecule has 0 saturated carbocycles. The Kier molecular flexibility index (Phi) is 6.69. The van der Waals surface area contributed by atoms with E-state index in [0.29, 0.717) is 17.8 Å². The SMILES string of the molecule is CC1CN(C(=O)CSc2ccccc2)CC(C)N1.Cl. The Bertz CT molecular complexity index is 392. The molecule has 19 heavy (non-hydrogen) atoms. The zero-order chi connectivity index (χ0) is 13.0. The molecule has 5 heteroatoms. The van der Waals surface area contributed by atoms with Gasteiger partial charge < -0.3 is 10.2 Å². The summed E-state index contributed by atoms with van der Waals surface area (Å²) in [6.07, 6.45) is 0. The highest BCUT2D eigenvalue weighted by atomic mass is 35.5. The minimum atomic E-state index is 0. The molecule has 0 aromatic heterocycles. The molecule has 0 aliphatic carbocycles. The molecule has 1 aliphatic heterocycles. The van der Waals surface area contributed by atoms with Crippen molar-refractivity contribution >= 4 is 30.1 Å². The Morgan fingerprint density at radius 1 is 1.26 bits per heavy atom. The molecule has 1 saturated heterocycles. The first-order chi connectivity index (χ1) is 8.65. The Morgan fingerprint density at radius 3 is 2.42 bits per heavy atom. The number of piperazine rings is 1. The Morgan fingerprint density at radius 2 is 1.84 bits per heavy atom. The van der Waals surface area contributed by atoms with Crippen molar-refractivity contribution in [3.63, 3.8) is 0 Å². The van der Waals surface area contributed by atoms with E-state index in [2.05, 4.69) is 19.2 Å². The van der Waals surface area contributed by atoms with Crippen molar-refractivity contribution in [1.29, 1.82) is 0 Å². The number of nitrogens with one attached hydrogen (secondary N) is 1. The third kappa shape index (κ3) is 5.05. The van der Waals surface area contributed by atoms with Crippen LogP contribution in [0.2, 0.25) is 0 Å². The molecule has 0 bridgehead atoms. The second-order valence-electron chi connectivity index (χ2n) is 4.87. The number of thioether (sulfide) groups is 1. The van der Waals surface area contributed by atoms with Crippen LogP contribution in [0.5, 0.6) is 0 Å². The van der Waals surface area contributed by atoms with Gasteiger partial charge in [-0.3, -0.25) is 4.79 Å². The lowest BCUT2D eigenvalue weighted by Crippen LogP contribution is -2.56. The number of carbonyl (C=O) groups is 1. The van der Waals surface area contributed by atoms with E-state index in [1.807, 2.05) is 35.2 Å². The van der Waals surface area contributed by atoms with E-state index in [9.17, 15) is 4.79 Å². The number of hydrogen-bond donors (Lipinski definition) is 1. The maximum absolute atomic E-state index is 12.1. The van der Waals surface area contributed by atoms with Crippen LogP contribution < -0.4 is 5.32 Å². The highest BCUT2D eigenvalue weighted by Gasteiger charge is 2.24. The summed E-state index contributed by atoms with van der Waals surface area (Å²) in [7, 11) is 0. The average molecular weight is 301 g/mol. The average Bonchev–Trinajstić information content (AvgIpc) is 2.36. The lowest BCUT2D eigenvalue weighted by molar-refractivity contribution is -0.130. The molecule has 1 aromatic carbocycles. The van der Waals surface area contributed by atoms with Gasteiger partial charge in [-0.1, -0.05) is 18.2 Å². The fourth-order valence-electron chi connectivity index (χ4n) is 2.28. The number of hydrogen-bond acceptors (Lipinski definition) is 3. The molecule has 1 amide bonds. The first-order valence-electron chi connectivity index (χ1n) is 6.37. The van der Waals surface area contributed by atoms with Crippen LogP contribution in [0.3, 0.4) is 0 Å². The van der Waals surface area contributed by atoms with Crippen LogP contribution in [0.4, 0.5) is 0 Å². The van der Waals surface area contributed by atoms with Crippen LogP contribution in [0.25, 0.3) is 0 Å². The summed E-state index contributed by atoms with van der Waals surface area (Å²) in [6.45, 7) is 5.89. The molecular formula is C14H21ClN2OS. The predicted molar refractivity (Wildman–Crippen MR) is 83.1 cm³/mol. The van der Waals surface area contributed by atoms with Gasteiger partial charge in [-0.05, 0) is 26.0 Å². The van der Waals surface area contributed by atoms with Gasteiger partial charge in [0.2, 0.25) is 5.91 Å². The van der Waals surface area contributed by atoms with Crippen molar-refractivity contribution in [2.24, 2.45) is 0 Å². The van der Waals surface area contributed by atoms with Crippen molar-refractivity contribution in [2.75, 3.05) is 18.8 Å². The highest BCUT2D eigenvalue weighted by Crippen LogP contribution is 2.18. The molecule has 0 spiro atoms. The summed E-state index contributed by atoms with van der Waals surface area (Å²) < 4.78 is 0. The number of halogens is 1. The maximum atomic E-state index is 12.1. The molecular weight excluding hydrogens is 280 g/mol. The molecule has 1 aliphatic rings. The number of benzene rings is 1. The molecule has 2 atom stereocenters. The van der Waals surface area contributed by atoms with Gasteiger partial charge in [0.25, 0.3) is 0 Å². The molecule has 1 heterocycles. The summed E-state index contributed by atoms with van der Waals surface area (Å²) >= 11 is 1.61. The van der Waals surface area contributed by atoms with Gasteiger partial charge in [0.05, 0.1) is 5.75 Å². The number of nitrogens with zero attached hydrogens (tertiary/aromatic N) is 1. The Labute approximate surface area is 125 Å². The smallest absolute Gasteiger partial charge is 0.233 e. The van der Waals surface area contributed by atoms with E-state index >= 15 is 0 Å². The number of carbonyl (C=O) groups excluding carboxylic acids is 1. The van der Waals surface area contributed by atoms with E-state index in [1.54, 1.807) is 11.8 Å². The van der Waals surface area contributed by atoms with E-state index in [1.165, 1.54) is 0 Å². The fourth-order valence-corrected chi connectivity index (χ4v) is 3.11. The van der Waals surface area contributed by atoms with Gasteiger partial charge in [0.15, 0.2) is 0 Å². The van der Waals surface area contributed by atoms with Gasteiger partial charge in [-0.2, -0.15) is 0 Å². The van der Waals surface area contributed by atoms with Crippen LogP contribution in [0.1, 0.15) is 13.8 Å². The molecule has 2 rings (SSSR count). The van der Waals surface area contributed by atoms with Gasteiger partial charge in [0, 0.05) is 30.1 Å². The minimum absolute atomic E-state index is 0. The summed E-state index contributed by atoms with van der Waals surface area (Å²) in [6, 6.07) is 10.9. The second-order valence-corrected chi connectivity index (χ2v) is 5.92. The zero-order valence-corrected chi connectivity index (χ0v) is 13.0. The standard InChI is InChI=1S/C14H20N2OS.ClH/c1-11-8-16(9-12(2)15-11)14(17)10-18-13-6-4-3-5-7-13;/h3-7,11-12,15H,8-10H2,1-2H3;1H. The molecule has 2 unspecified atom stereocenters. The van der Waals surface area contributed by atoms with E-state index < -0.39 is 0 Å². The van der Waals surface area contributed by atoms with Crippen molar-refractivity contribution in [2.45, 2.75) is 30.8 Å². The molecule has 1 N–H and O–H groups in total. The van der Waals surface area contributed by atoms with Crippen molar-refractivity contribution in [1.82, 2.24) is 10.2 Å². The number of rotatable bonds is 3. The van der Waals surface area contributed by atoms with Crippen molar-refractivity contribution in [3.05, 3.63) is 30.3 Å². The van der Waals surface area contributed by atoms with Crippen molar-refractivity contribution in [3.8, 4) is 0 Å². The van der Waals surface area contributed by atoms with E-state index in [0.717, 1.165) is 18.0 Å². The van der Waals surface area contributed by atoms with Gasteiger partial charge in [-0.25, -0.2) is 0 Å². The van der Waals surface area contributed by atoms with Crippen molar-refractivity contribution < 1.29 is 4.79 Å². The Hall–Kier alpha value is -0.710. The zero-order valence-electron chi connectivity index (χ0n) is 11.3. The third-order valence-corrected chi connectivity index (χ3v) is 4.01. The lowest BCUT2D eigenvalue weighted by atomic mass is 10.1. The van der Waals surface area contributed by atoms with Crippen LogP contribution in [-0.2, 0) is 4.79 Å². The van der Waals surface area contributed by atoms with E-state index in [-0.39, 0.29) is 18.3 Å². The quantitative estimate of drug-likeness (QED) is 0.870. The summed E-state index contributed by atoms with van der Waals surface area (Å²) in [5.74, 6) is 0.771. The topological polar surface area (TPSA) is 32.3 Å². The third-order valence-electron chi connectivity index (χ3n) is 3.02. The highest BCUT2D eigenvalue weighted by molar-refractivity contribution is 8.00. The number of amides is 1. The summed E-state index contributed by atoms with van der Waals surface area (Å²) in [5.41, 5.74) is 0. The van der Waals surface area contributed by atoms with Gasteiger partial charge in [-0.15, -0.1) is 24.2 Å². The fraction of sp³-hybridized carbons (Fsp3) is 0.500. The largest absolute Gasteiger partial charge is 0.339 e. The minimum Gasteiger partial charge on any atom is -0.339 e. The first kappa shape index (κ1) is 16.3. The lowest BCUT2D eigenvalue weighted by Gasteiger charge is -2.36. The maximum Gasteiger partial charge on any atom is 0.233 e. The first-order valence-corrected chi connectivity index (χ1v) is 7.35. The van der Waals surface area contributed by atoms with Crippen LogP contribution >= 0.6 is 24.2 Å². The molecule has 106 valence electrons. The molecule has 1 fully saturated rings. The van der Waals surface area contributed by atoms with Gasteiger partial charge >= 0.3 is 0 Å². The Balaban J connectivity index is 0.00000180. The van der Waals surface area contributed by atoms with E-state index in [4.69, 9.17) is 0 Å². The van der Waals surface area contributed by atoms with Crippen LogP contribution in [-0.4, -0.2) is 41.7 Å². The molecule has 0 radical (unpaired) electrons. The second kappa shape index (κ2) is 7.78. The summed E-state index contributed by atoms with van der Waals surface area (Å²) in [4.78, 5) is 15.3. The normalized spacial score (nSPS) is 22.7. The summed E-state index contributed by atoms with van der Waals surface area (Å²) in [5, 5.41) is 3.44. The predicted octanol–water partition coefficient (Wildman–Crippen LogP) is 2.41. The van der Waals surface area contributed by atoms with Gasteiger partial charge in [0.1, 0.15) is 0 Å².